The molecule has 3 rings (SSSR count). The molecule has 526 valence electrons. The largest absolute Gasteiger partial charge is 0.511 e. The highest BCUT2D eigenvalue weighted by atomic mass is 16.7. The molecule has 0 saturated carbocycles. The van der Waals surface area contributed by atoms with Crippen LogP contribution in [0.15, 0.2) is 12.3 Å². The zero-order valence-electron chi connectivity index (χ0n) is 51.6. The first-order valence-electron chi connectivity index (χ1n) is 30.0. The minimum Gasteiger partial charge on any atom is -0.511 e. The van der Waals surface area contributed by atoms with Crippen LogP contribution in [0.25, 0.3) is 0 Å². The summed E-state index contributed by atoms with van der Waals surface area (Å²) in [7, 11) is 0. The second kappa shape index (κ2) is 45.3. The first-order valence-corrected chi connectivity index (χ1v) is 30.0. The van der Waals surface area contributed by atoms with Gasteiger partial charge in [-0.1, -0.05) is 6.58 Å². The second-order valence-electron chi connectivity index (χ2n) is 21.3. The van der Waals surface area contributed by atoms with Gasteiger partial charge in [-0.25, -0.2) is 0 Å². The molecule has 0 unspecified atom stereocenters. The molecule has 3 fully saturated rings. The van der Waals surface area contributed by atoms with Gasteiger partial charge in [0, 0.05) is 33.9 Å². The quantitative estimate of drug-likeness (QED) is 0.0199. The average Bonchev–Trinajstić information content (AvgIpc) is 1.70. The van der Waals surface area contributed by atoms with E-state index in [-0.39, 0.29) is 124 Å². The zero-order valence-corrected chi connectivity index (χ0v) is 51.6. The van der Waals surface area contributed by atoms with Crippen molar-refractivity contribution in [2.24, 2.45) is 0 Å². The van der Waals surface area contributed by atoms with Gasteiger partial charge >= 0.3 is 0 Å². The Labute approximate surface area is 526 Å². The Morgan fingerprint density at radius 1 is 0.418 bits per heavy atom. The summed E-state index contributed by atoms with van der Waals surface area (Å²) in [6.45, 7) is 4.68. The summed E-state index contributed by atoms with van der Waals surface area (Å²) in [6.07, 6.45) is -14.1. The Morgan fingerprint density at radius 2 is 0.725 bits per heavy atom. The van der Waals surface area contributed by atoms with E-state index in [1.165, 1.54) is 20.8 Å². The lowest BCUT2D eigenvalue weighted by atomic mass is 9.97. The van der Waals surface area contributed by atoms with Crippen LogP contribution in [0.4, 0.5) is 0 Å². The van der Waals surface area contributed by atoms with Gasteiger partial charge in [-0.15, -0.1) is 0 Å². The van der Waals surface area contributed by atoms with Crippen LogP contribution in [0.3, 0.4) is 0 Å². The number of aliphatic hydroxyl groups excluding tert-OH is 10. The Kier molecular flexibility index (Phi) is 40.0. The molecule has 36 nitrogen and oxygen atoms in total. The van der Waals surface area contributed by atoms with Gasteiger partial charge in [0.15, 0.2) is 18.9 Å². The summed E-state index contributed by atoms with van der Waals surface area (Å²) in [5, 5.41) is 119. The number of aliphatic hydroxyl groups is 10. The van der Waals surface area contributed by atoms with Gasteiger partial charge in [0.2, 0.25) is 41.4 Å². The fourth-order valence-electron chi connectivity index (χ4n) is 9.27. The van der Waals surface area contributed by atoms with Crippen molar-refractivity contribution in [3.8, 4) is 0 Å². The van der Waals surface area contributed by atoms with Gasteiger partial charge in [0.05, 0.1) is 105 Å². The lowest BCUT2D eigenvalue weighted by Crippen LogP contribution is -2.64. The minimum atomic E-state index is -1.49. The number of carbonyl (C=O) groups is 7. The van der Waals surface area contributed by atoms with Crippen LogP contribution >= 0.6 is 0 Å². The molecule has 3 aliphatic rings. The number of amides is 7. The Hall–Kier alpha value is -5.01. The predicted molar refractivity (Wildman–Crippen MR) is 308 cm³/mol. The molecule has 3 saturated heterocycles. The predicted octanol–water partition coefficient (Wildman–Crippen LogP) is -8.42. The van der Waals surface area contributed by atoms with Crippen LogP contribution in [-0.4, -0.2) is 328 Å². The SMILES string of the molecule is C=C(O)[C@H](CCCCNC(=O)COCCOCCO[C@@H]1O[C@H](CO)[C@H](O)[C@H](O)[C@H]1NC(C)=O)NC(=O)[C@H](CCCCNC(=O)COCCOCCO[C@@H]1O[C@H](CO)[C@H](O)[C@H](O)[C@H]1NC(C)=O)NC(=O)COCCOCCO[C@@H]1O[C@H](CO)[C@H](O)[C@H](O)[C@H]1NC(C)=O. The molecule has 0 aromatic heterocycles. The zero-order chi connectivity index (χ0) is 67.3. The van der Waals surface area contributed by atoms with Crippen LogP contribution in [0.2, 0.25) is 0 Å². The molecular formula is C55H97N7O29. The monoisotopic (exact) mass is 1320 g/mol. The van der Waals surface area contributed by atoms with E-state index in [9.17, 15) is 84.6 Å². The van der Waals surface area contributed by atoms with E-state index in [1.54, 1.807) is 0 Å². The van der Waals surface area contributed by atoms with Crippen molar-refractivity contribution in [3.63, 3.8) is 0 Å². The van der Waals surface area contributed by atoms with Crippen molar-refractivity contribution < 1.29 is 141 Å². The smallest absolute Gasteiger partial charge is 0.246 e. The number of hydrogen-bond acceptors (Lipinski definition) is 29. The van der Waals surface area contributed by atoms with Crippen molar-refractivity contribution in [1.82, 2.24) is 37.2 Å². The number of unbranched alkanes of at least 4 members (excludes halogenated alkanes) is 2. The fourth-order valence-corrected chi connectivity index (χ4v) is 9.27. The van der Waals surface area contributed by atoms with E-state index in [0.29, 0.717) is 25.7 Å². The summed E-state index contributed by atoms with van der Waals surface area (Å²) < 4.78 is 65.9. The Morgan fingerprint density at radius 3 is 1.04 bits per heavy atom. The van der Waals surface area contributed by atoms with Crippen molar-refractivity contribution in [2.75, 3.05) is 132 Å². The summed E-state index contributed by atoms with van der Waals surface area (Å²) in [6, 6.07) is -5.44. The van der Waals surface area contributed by atoms with Gasteiger partial charge in [-0.3, -0.25) is 33.6 Å². The number of ether oxygens (including phenoxy) is 12. The average molecular weight is 1320 g/mol. The van der Waals surface area contributed by atoms with E-state index >= 15 is 0 Å². The third-order valence-corrected chi connectivity index (χ3v) is 14.0. The second-order valence-corrected chi connectivity index (χ2v) is 21.3. The van der Waals surface area contributed by atoms with Crippen molar-refractivity contribution in [3.05, 3.63) is 12.3 Å². The molecule has 0 aliphatic carbocycles. The number of hydrogen-bond donors (Lipinski definition) is 17. The van der Waals surface area contributed by atoms with E-state index < -0.39 is 172 Å². The van der Waals surface area contributed by atoms with Crippen LogP contribution in [0.5, 0.6) is 0 Å². The summed E-state index contributed by atoms with van der Waals surface area (Å²) >= 11 is 0. The maximum Gasteiger partial charge on any atom is 0.246 e. The van der Waals surface area contributed by atoms with Gasteiger partial charge in [0.25, 0.3) is 0 Å². The Balaban J connectivity index is 1.39. The summed E-state index contributed by atoms with van der Waals surface area (Å²) in [5.74, 6) is -4.07. The maximum atomic E-state index is 13.7. The Bertz CT molecular complexity index is 2150. The molecule has 0 bridgehead atoms. The molecule has 17 atom stereocenters. The number of rotatable bonds is 47. The molecular weight excluding hydrogens is 1220 g/mol. The highest BCUT2D eigenvalue weighted by Crippen LogP contribution is 2.25. The molecule has 0 aromatic rings. The highest BCUT2D eigenvalue weighted by Gasteiger charge is 2.48. The number of nitrogens with one attached hydrogen (secondary N) is 7. The molecule has 3 heterocycles. The lowest BCUT2D eigenvalue weighted by molar-refractivity contribution is -0.272. The van der Waals surface area contributed by atoms with Crippen LogP contribution in [-0.2, 0) is 90.4 Å². The van der Waals surface area contributed by atoms with E-state index in [1.807, 2.05) is 0 Å². The van der Waals surface area contributed by atoms with Crippen LogP contribution in [0.1, 0.15) is 59.3 Å². The maximum absolute atomic E-state index is 13.7. The third-order valence-electron chi connectivity index (χ3n) is 14.0. The first kappa shape index (κ1) is 80.2. The summed E-state index contributed by atoms with van der Waals surface area (Å²) in [5.41, 5.74) is 0. The van der Waals surface area contributed by atoms with Crippen molar-refractivity contribution in [1.29, 1.82) is 0 Å². The molecule has 17 N–H and O–H groups in total. The van der Waals surface area contributed by atoms with Gasteiger partial charge < -0.3 is 145 Å². The standard InChI is InChI=1S/C55H97N7O29/c1-31(66)35(9-5-7-11-56-40(70)28-83-16-13-80-19-22-86-53-43(58-32(2)67)49(76)46(73)37(25-63)89-53)62-52(79)36(61-42(72)30-85-18-15-82-21-24-88-55-45(60-34(4)69)51(78)48(75)39(27-65)91-55)10-6-8-12-57-41(71)29-84-17-14-81-20-23-87-54-44(59-33(3)68)50(77)47(74)38(26-64)90-54/h35-39,43-51,53-55,63-66,73-78H,1,5-30H2,2-4H3,(H,56,70)(H,57,71)(H,58,67)(H,59,68)(H,60,69)(H,61,72)(H,62,79)/t35-,36-,37+,38+,39+,43+,44+,45+,46-,47-,48-,49+,50+,51+,53+,54+,55+/m0/s1. The molecule has 3 aliphatic heterocycles. The first-order chi connectivity index (χ1) is 43.5. The molecule has 0 radical (unpaired) electrons. The molecule has 7 amide bonds. The lowest BCUT2D eigenvalue weighted by Gasteiger charge is -2.42. The number of carbonyl (C=O) groups excluding carboxylic acids is 7. The van der Waals surface area contributed by atoms with Gasteiger partial charge in [0.1, 0.15) is 105 Å². The normalized spacial score (nSPS) is 27.2. The third kappa shape index (κ3) is 30.7. The van der Waals surface area contributed by atoms with Crippen LogP contribution in [0, 0.1) is 0 Å². The highest BCUT2D eigenvalue weighted by molar-refractivity contribution is 5.88. The van der Waals surface area contributed by atoms with Crippen molar-refractivity contribution >= 4 is 41.4 Å². The van der Waals surface area contributed by atoms with Gasteiger partial charge in [-0.05, 0) is 38.5 Å². The topological polar surface area (TPSA) is 517 Å². The van der Waals surface area contributed by atoms with E-state index in [0.717, 1.165) is 0 Å². The molecule has 36 heteroatoms. The van der Waals surface area contributed by atoms with Crippen molar-refractivity contribution in [2.45, 2.75) is 163 Å². The molecule has 0 aromatic carbocycles. The van der Waals surface area contributed by atoms with E-state index in [4.69, 9.17) is 56.8 Å². The summed E-state index contributed by atoms with van der Waals surface area (Å²) in [4.78, 5) is 86.7. The van der Waals surface area contributed by atoms with Gasteiger partial charge in [-0.2, -0.15) is 0 Å². The molecule has 91 heavy (non-hydrogen) atoms. The van der Waals surface area contributed by atoms with Crippen LogP contribution < -0.4 is 37.2 Å². The molecule has 0 spiro atoms. The van der Waals surface area contributed by atoms with E-state index in [2.05, 4.69) is 43.8 Å². The fraction of sp³-hybridized carbons (Fsp3) is 0.836. The minimum absolute atomic E-state index is 0.0135.